The molecule has 0 aliphatic carbocycles. The van der Waals surface area contributed by atoms with E-state index in [0.29, 0.717) is 6.42 Å². The topological polar surface area (TPSA) is 102 Å². The molecule has 0 bridgehead atoms. The Hall–Kier alpha value is -1.25. The lowest BCUT2D eigenvalue weighted by Crippen LogP contribution is -2.35. The van der Waals surface area contributed by atoms with Gasteiger partial charge in [-0.25, -0.2) is 4.21 Å². The third-order valence-electron chi connectivity index (χ3n) is 2.52. The van der Waals surface area contributed by atoms with Gasteiger partial charge in [-0.05, 0) is 23.8 Å². The number of hydrogen-bond donors (Lipinski definition) is 2. The summed E-state index contributed by atoms with van der Waals surface area (Å²) in [5.41, 5.74) is 5.69. The Morgan fingerprint density at radius 3 is 2.67 bits per heavy atom. The molecule has 0 saturated heterocycles. The third-order valence-corrected chi connectivity index (χ3v) is 4.54. The molecule has 2 atom stereocenters. The van der Waals surface area contributed by atoms with Gasteiger partial charge in [-0.1, -0.05) is 19.9 Å². The lowest BCUT2D eigenvalue weighted by Gasteiger charge is -2.11. The fraction of sp³-hybridized carbons (Fsp3) is 0.538. The normalized spacial score (nSPS) is 15.3. The van der Waals surface area contributed by atoms with Crippen molar-refractivity contribution in [1.29, 1.82) is 0 Å². The van der Waals surface area contributed by atoms with Gasteiger partial charge in [-0.15, -0.1) is 15.7 Å². The first kappa shape index (κ1) is 17.8. The van der Waals surface area contributed by atoms with Crippen molar-refractivity contribution in [2.45, 2.75) is 32.7 Å². The number of carbonyl (C=O) groups excluding carboxylic acids is 2. The molecule has 8 heteroatoms. The Bertz CT molecular complexity index is 602. The molecule has 0 radical (unpaired) electrons. The van der Waals surface area contributed by atoms with Crippen LogP contribution in [0.25, 0.3) is 0 Å². The number of carbonyl (C=O) groups is 2. The number of rotatable bonds is 6. The van der Waals surface area contributed by atoms with Gasteiger partial charge in [0.15, 0.2) is 0 Å². The van der Waals surface area contributed by atoms with Crippen molar-refractivity contribution in [2.75, 3.05) is 6.26 Å². The molecule has 3 N–H and O–H groups in total. The smallest absolute Gasteiger partial charge is 0.272 e. The largest absolute Gasteiger partial charge is 0.320 e. The maximum absolute atomic E-state index is 12.2. The highest BCUT2D eigenvalue weighted by atomic mass is 32.2. The lowest BCUT2D eigenvalue weighted by atomic mass is 10.0. The molecule has 0 fully saturated rings. The van der Waals surface area contributed by atoms with Crippen molar-refractivity contribution in [3.05, 3.63) is 22.4 Å². The van der Waals surface area contributed by atoms with Crippen molar-refractivity contribution in [3.8, 4) is 0 Å². The van der Waals surface area contributed by atoms with Gasteiger partial charge in [-0.3, -0.25) is 14.3 Å². The van der Waals surface area contributed by atoms with Crippen LogP contribution < -0.4 is 10.5 Å². The Labute approximate surface area is 129 Å². The van der Waals surface area contributed by atoms with E-state index in [2.05, 4.69) is 9.08 Å². The Balaban J connectivity index is 2.66. The van der Waals surface area contributed by atoms with Crippen molar-refractivity contribution in [3.63, 3.8) is 0 Å². The van der Waals surface area contributed by atoms with Gasteiger partial charge in [0.25, 0.3) is 5.91 Å². The molecule has 1 heterocycles. The summed E-state index contributed by atoms with van der Waals surface area (Å²) in [6, 6.07) is 2.85. The molecular formula is C13H21N3O3S2. The van der Waals surface area contributed by atoms with E-state index in [1.807, 2.05) is 31.4 Å². The van der Waals surface area contributed by atoms with Crippen LogP contribution in [0, 0.1) is 5.92 Å². The molecule has 0 saturated carbocycles. The van der Waals surface area contributed by atoms with Gasteiger partial charge in [0, 0.05) is 11.1 Å². The molecule has 1 rings (SSSR count). The number of amides is 2. The highest BCUT2D eigenvalue weighted by molar-refractivity contribution is 7.91. The molecule has 21 heavy (non-hydrogen) atoms. The maximum Gasteiger partial charge on any atom is 0.272 e. The second-order valence-corrected chi connectivity index (χ2v) is 8.27. The Kier molecular flexibility index (Phi) is 6.50. The van der Waals surface area contributed by atoms with E-state index in [9.17, 15) is 13.8 Å². The van der Waals surface area contributed by atoms with Crippen LogP contribution in [0.5, 0.6) is 0 Å². The summed E-state index contributed by atoms with van der Waals surface area (Å²) in [7, 11) is -3.11. The molecule has 6 nitrogen and oxygen atoms in total. The van der Waals surface area contributed by atoms with Crippen molar-refractivity contribution in [2.24, 2.45) is 16.0 Å². The molecular weight excluding hydrogens is 310 g/mol. The summed E-state index contributed by atoms with van der Waals surface area (Å²) in [5, 5.41) is 1.85. The molecule has 0 aromatic carbocycles. The van der Waals surface area contributed by atoms with E-state index >= 15 is 0 Å². The van der Waals surface area contributed by atoms with Crippen molar-refractivity contribution in [1.82, 2.24) is 4.72 Å². The van der Waals surface area contributed by atoms with E-state index in [-0.39, 0.29) is 12.3 Å². The van der Waals surface area contributed by atoms with E-state index in [1.165, 1.54) is 17.6 Å². The molecule has 0 spiro atoms. The van der Waals surface area contributed by atoms with E-state index in [4.69, 9.17) is 5.73 Å². The molecule has 118 valence electrons. The molecule has 2 amide bonds. The number of nitrogens with zero attached hydrogens (tertiary/aromatic N) is 1. The minimum atomic E-state index is -3.11. The lowest BCUT2D eigenvalue weighted by molar-refractivity contribution is -0.119. The zero-order valence-corrected chi connectivity index (χ0v) is 14.0. The van der Waals surface area contributed by atoms with Gasteiger partial charge in [-0.2, -0.15) is 0 Å². The highest BCUT2D eigenvalue weighted by Crippen LogP contribution is 2.09. The average Bonchev–Trinajstić information content (AvgIpc) is 2.78. The number of nitrogens with one attached hydrogen (secondary N) is 1. The average molecular weight is 331 g/mol. The maximum atomic E-state index is 12.2. The van der Waals surface area contributed by atoms with E-state index < -0.39 is 27.8 Å². The van der Waals surface area contributed by atoms with Gasteiger partial charge in [0.05, 0.1) is 12.5 Å². The van der Waals surface area contributed by atoms with Crippen molar-refractivity contribution >= 4 is 33.1 Å². The van der Waals surface area contributed by atoms with Crippen LogP contribution in [0.1, 0.15) is 25.1 Å². The van der Waals surface area contributed by atoms with Gasteiger partial charge in [0.2, 0.25) is 5.91 Å². The molecule has 0 aliphatic heterocycles. The SMILES string of the molecule is CC(C)C[C@H](N)C(=O)N=S(C)(=O)NC(=O)Cc1cccs1. The first-order chi connectivity index (χ1) is 9.69. The van der Waals surface area contributed by atoms with E-state index in [1.54, 1.807) is 0 Å². The predicted molar refractivity (Wildman–Crippen MR) is 85.1 cm³/mol. The summed E-state index contributed by atoms with van der Waals surface area (Å²) in [6.45, 7) is 3.86. The number of hydrogen-bond acceptors (Lipinski definition) is 5. The van der Waals surface area contributed by atoms with Crippen molar-refractivity contribution < 1.29 is 13.8 Å². The van der Waals surface area contributed by atoms with Gasteiger partial charge < -0.3 is 5.73 Å². The fourth-order valence-electron chi connectivity index (χ4n) is 1.69. The van der Waals surface area contributed by atoms with Gasteiger partial charge in [0.1, 0.15) is 9.92 Å². The molecule has 0 aliphatic rings. The first-order valence-corrected chi connectivity index (χ1v) is 9.34. The summed E-state index contributed by atoms with van der Waals surface area (Å²) in [6.07, 6.45) is 1.80. The molecule has 1 aromatic heterocycles. The standard InChI is InChI=1S/C13H21N3O3S2/c1-9(2)7-11(14)13(18)16-21(3,19)15-12(17)8-10-5-4-6-20-10/h4-6,9,11H,7-8,14H2,1-3H3,(H,15,16,17,18,19)/t11-,21?/m0/s1. The third kappa shape index (κ3) is 6.83. The van der Waals surface area contributed by atoms with Gasteiger partial charge >= 0.3 is 0 Å². The van der Waals surface area contributed by atoms with Crippen LogP contribution in [0.3, 0.4) is 0 Å². The number of thiophene rings is 1. The Morgan fingerprint density at radius 1 is 1.48 bits per heavy atom. The summed E-state index contributed by atoms with van der Waals surface area (Å²) >= 11 is 1.43. The number of nitrogens with two attached hydrogens (primary N) is 1. The van der Waals surface area contributed by atoms with E-state index in [0.717, 1.165) is 4.88 Å². The van der Waals surface area contributed by atoms with Crippen LogP contribution in [-0.4, -0.2) is 28.3 Å². The quantitative estimate of drug-likeness (QED) is 0.820. The zero-order valence-electron chi connectivity index (χ0n) is 12.4. The minimum Gasteiger partial charge on any atom is -0.320 e. The highest BCUT2D eigenvalue weighted by Gasteiger charge is 2.17. The minimum absolute atomic E-state index is 0.115. The Morgan fingerprint density at radius 2 is 2.14 bits per heavy atom. The second kappa shape index (κ2) is 7.67. The first-order valence-electron chi connectivity index (χ1n) is 6.54. The summed E-state index contributed by atoms with van der Waals surface area (Å²) < 4.78 is 18.0. The monoisotopic (exact) mass is 331 g/mol. The summed E-state index contributed by atoms with van der Waals surface area (Å²) in [4.78, 5) is 24.4. The zero-order chi connectivity index (χ0) is 16.0. The van der Waals surface area contributed by atoms with Crippen LogP contribution in [0.15, 0.2) is 21.9 Å². The molecule has 1 aromatic rings. The van der Waals surface area contributed by atoms with Crippen LogP contribution in [0.4, 0.5) is 0 Å². The van der Waals surface area contributed by atoms with Crippen LogP contribution >= 0.6 is 11.3 Å². The summed E-state index contributed by atoms with van der Waals surface area (Å²) in [5.74, 6) is -0.841. The fourth-order valence-corrected chi connectivity index (χ4v) is 3.41. The van der Waals surface area contributed by atoms with Crippen LogP contribution in [0.2, 0.25) is 0 Å². The van der Waals surface area contributed by atoms with Crippen LogP contribution in [-0.2, 0) is 25.9 Å². The second-order valence-electron chi connectivity index (χ2n) is 5.25. The predicted octanol–water partition coefficient (Wildman–Crippen LogP) is 1.32. The molecule has 1 unspecified atom stereocenters.